The minimum Gasteiger partial charge on any atom is -0.315 e. The maximum Gasteiger partial charge on any atom is 0.269 e. The predicted octanol–water partition coefficient (Wildman–Crippen LogP) is 4.49. The molecule has 0 aliphatic heterocycles. The van der Waals surface area contributed by atoms with Crippen LogP contribution in [-0.2, 0) is 14.8 Å². The molecule has 0 saturated heterocycles. The summed E-state index contributed by atoms with van der Waals surface area (Å²) in [6.07, 6.45) is 1.39. The molecule has 1 aromatic heterocycles. The molecule has 0 atom stereocenters. The van der Waals surface area contributed by atoms with Crippen molar-refractivity contribution in [2.24, 2.45) is 5.10 Å². The minimum absolute atomic E-state index is 0.0553. The van der Waals surface area contributed by atoms with Gasteiger partial charge in [-0.05, 0) is 56.3 Å². The SMILES string of the molecule is Cc1cc(/C=N\NC(=O)CN(c2ccc([N+](=O)[O-])cc2)S(=O)(=O)c2ccccc2)c(C)n1-c1ccccc1F. The van der Waals surface area contributed by atoms with Gasteiger partial charge in [0.2, 0.25) is 0 Å². The lowest BCUT2D eigenvalue weighted by Crippen LogP contribution is -2.39. The summed E-state index contributed by atoms with van der Waals surface area (Å²) >= 11 is 0. The van der Waals surface area contributed by atoms with Crippen molar-refractivity contribution in [3.63, 3.8) is 0 Å². The van der Waals surface area contributed by atoms with E-state index in [1.54, 1.807) is 54.0 Å². The predicted molar refractivity (Wildman–Crippen MR) is 145 cm³/mol. The fourth-order valence-corrected chi connectivity index (χ4v) is 5.48. The van der Waals surface area contributed by atoms with Gasteiger partial charge in [-0.15, -0.1) is 0 Å². The number of para-hydroxylation sites is 1. The molecular formula is C27H24FN5O5S. The van der Waals surface area contributed by atoms with E-state index in [0.717, 1.165) is 22.1 Å². The Hall–Kier alpha value is -4.84. The summed E-state index contributed by atoms with van der Waals surface area (Å²) in [6, 6.07) is 20.5. The van der Waals surface area contributed by atoms with E-state index in [-0.39, 0.29) is 22.1 Å². The molecule has 0 radical (unpaired) electrons. The standard InChI is InChI=1S/C27H24FN5O5S/c1-19-16-21(20(2)32(19)26-11-7-6-10-25(26)28)17-29-30-27(34)18-31(22-12-14-23(15-13-22)33(35)36)39(37,38)24-8-4-3-5-9-24/h3-17H,18H2,1-2H3,(H,30,34)/b29-17-. The molecule has 0 unspecified atom stereocenters. The number of nitro groups is 1. The van der Waals surface area contributed by atoms with E-state index in [2.05, 4.69) is 10.5 Å². The van der Waals surface area contributed by atoms with Crippen LogP contribution in [0.15, 0.2) is 94.9 Å². The van der Waals surface area contributed by atoms with Gasteiger partial charge in [0, 0.05) is 29.1 Å². The monoisotopic (exact) mass is 549 g/mol. The number of hydrazone groups is 1. The number of aromatic nitrogens is 1. The fraction of sp³-hybridized carbons (Fsp3) is 0.111. The van der Waals surface area contributed by atoms with Crippen molar-refractivity contribution >= 4 is 33.5 Å². The number of nitrogens with one attached hydrogen (secondary N) is 1. The van der Waals surface area contributed by atoms with Crippen molar-refractivity contribution < 1.29 is 22.5 Å². The topological polar surface area (TPSA) is 127 Å². The molecule has 0 fully saturated rings. The van der Waals surface area contributed by atoms with Gasteiger partial charge in [-0.2, -0.15) is 5.10 Å². The number of carbonyl (C=O) groups excluding carboxylic acids is 1. The van der Waals surface area contributed by atoms with E-state index in [4.69, 9.17) is 0 Å². The van der Waals surface area contributed by atoms with Crippen molar-refractivity contribution in [3.8, 4) is 5.69 Å². The van der Waals surface area contributed by atoms with Crippen LogP contribution in [0, 0.1) is 29.8 Å². The van der Waals surface area contributed by atoms with Crippen LogP contribution in [0.4, 0.5) is 15.8 Å². The molecule has 4 aromatic rings. The number of non-ortho nitro benzene ring substituents is 1. The lowest BCUT2D eigenvalue weighted by Gasteiger charge is -2.23. The number of nitro benzene ring substituents is 1. The molecule has 12 heteroatoms. The summed E-state index contributed by atoms with van der Waals surface area (Å²) in [7, 11) is -4.19. The van der Waals surface area contributed by atoms with Crippen LogP contribution in [-0.4, -0.2) is 36.6 Å². The van der Waals surface area contributed by atoms with E-state index in [1.165, 1.54) is 36.5 Å². The molecule has 3 aromatic carbocycles. The molecule has 0 aliphatic carbocycles. The first-order valence-electron chi connectivity index (χ1n) is 11.7. The molecule has 200 valence electrons. The number of sulfonamides is 1. The van der Waals surface area contributed by atoms with Gasteiger partial charge in [0.15, 0.2) is 0 Å². The van der Waals surface area contributed by atoms with Crippen LogP contribution in [0.3, 0.4) is 0 Å². The van der Waals surface area contributed by atoms with Crippen molar-refractivity contribution in [1.82, 2.24) is 9.99 Å². The summed E-state index contributed by atoms with van der Waals surface area (Å²) in [4.78, 5) is 23.2. The summed E-state index contributed by atoms with van der Waals surface area (Å²) in [6.45, 7) is 2.96. The Morgan fingerprint density at radius 1 is 1.05 bits per heavy atom. The quantitative estimate of drug-likeness (QED) is 0.187. The van der Waals surface area contributed by atoms with Crippen molar-refractivity contribution in [1.29, 1.82) is 0 Å². The van der Waals surface area contributed by atoms with E-state index in [9.17, 15) is 27.7 Å². The highest BCUT2D eigenvalue weighted by molar-refractivity contribution is 7.92. The first-order valence-corrected chi connectivity index (χ1v) is 13.1. The second kappa shape index (κ2) is 11.3. The number of hydrogen-bond acceptors (Lipinski definition) is 6. The average Bonchev–Trinajstić information content (AvgIpc) is 3.20. The highest BCUT2D eigenvalue weighted by Gasteiger charge is 2.27. The number of aryl methyl sites for hydroxylation is 1. The number of benzene rings is 3. The second-order valence-corrected chi connectivity index (χ2v) is 10.4. The molecule has 1 amide bonds. The first kappa shape index (κ1) is 27.2. The fourth-order valence-electron chi connectivity index (χ4n) is 4.04. The number of rotatable bonds is 9. The lowest BCUT2D eigenvalue weighted by molar-refractivity contribution is -0.384. The van der Waals surface area contributed by atoms with Crippen LogP contribution in [0.1, 0.15) is 17.0 Å². The Morgan fingerprint density at radius 2 is 1.69 bits per heavy atom. The molecule has 39 heavy (non-hydrogen) atoms. The van der Waals surface area contributed by atoms with Gasteiger partial charge in [-0.3, -0.25) is 19.2 Å². The van der Waals surface area contributed by atoms with E-state index >= 15 is 0 Å². The summed E-state index contributed by atoms with van der Waals surface area (Å²) < 4.78 is 43.7. The summed E-state index contributed by atoms with van der Waals surface area (Å²) in [5.74, 6) is -1.13. The van der Waals surface area contributed by atoms with Crippen molar-refractivity contribution in [2.45, 2.75) is 18.7 Å². The lowest BCUT2D eigenvalue weighted by atomic mass is 10.2. The third-order valence-corrected chi connectivity index (χ3v) is 7.71. The van der Waals surface area contributed by atoms with Gasteiger partial charge in [-0.25, -0.2) is 18.2 Å². The molecule has 1 heterocycles. The zero-order valence-electron chi connectivity index (χ0n) is 21.0. The molecule has 1 N–H and O–H groups in total. The molecule has 0 saturated carbocycles. The van der Waals surface area contributed by atoms with Gasteiger partial charge >= 0.3 is 0 Å². The number of anilines is 1. The van der Waals surface area contributed by atoms with Gasteiger partial charge in [-0.1, -0.05) is 30.3 Å². The van der Waals surface area contributed by atoms with Gasteiger partial charge in [0.1, 0.15) is 12.4 Å². The first-order chi connectivity index (χ1) is 18.6. The third-order valence-electron chi connectivity index (χ3n) is 5.92. The summed E-state index contributed by atoms with van der Waals surface area (Å²) in [5, 5.41) is 15.0. The van der Waals surface area contributed by atoms with Crippen LogP contribution >= 0.6 is 0 Å². The Kier molecular flexibility index (Phi) is 7.86. The number of carbonyl (C=O) groups is 1. The number of hydrogen-bond donors (Lipinski definition) is 1. The molecular weight excluding hydrogens is 525 g/mol. The smallest absolute Gasteiger partial charge is 0.269 e. The second-order valence-electron chi connectivity index (χ2n) is 8.50. The number of halogens is 1. The van der Waals surface area contributed by atoms with Gasteiger partial charge in [0.25, 0.3) is 21.6 Å². The van der Waals surface area contributed by atoms with E-state index < -0.39 is 27.4 Å². The maximum absolute atomic E-state index is 14.3. The Morgan fingerprint density at radius 3 is 2.33 bits per heavy atom. The Labute approximate surface area is 224 Å². The highest BCUT2D eigenvalue weighted by atomic mass is 32.2. The van der Waals surface area contributed by atoms with Crippen molar-refractivity contribution in [2.75, 3.05) is 10.8 Å². The van der Waals surface area contributed by atoms with Crippen LogP contribution in [0.25, 0.3) is 5.69 Å². The number of amides is 1. The highest BCUT2D eigenvalue weighted by Crippen LogP contribution is 2.26. The molecule has 10 nitrogen and oxygen atoms in total. The van der Waals surface area contributed by atoms with Crippen molar-refractivity contribution in [3.05, 3.63) is 118 Å². The third kappa shape index (κ3) is 5.85. The molecule has 0 aliphatic rings. The largest absolute Gasteiger partial charge is 0.315 e. The zero-order valence-corrected chi connectivity index (χ0v) is 21.8. The van der Waals surface area contributed by atoms with Crippen LogP contribution in [0.5, 0.6) is 0 Å². The molecule has 0 spiro atoms. The minimum atomic E-state index is -4.19. The van der Waals surface area contributed by atoms with E-state index in [0.29, 0.717) is 16.9 Å². The van der Waals surface area contributed by atoms with Crippen LogP contribution < -0.4 is 9.73 Å². The van der Waals surface area contributed by atoms with Gasteiger partial charge < -0.3 is 4.57 Å². The Bertz CT molecular complexity index is 1650. The van der Waals surface area contributed by atoms with E-state index in [1.807, 2.05) is 6.92 Å². The van der Waals surface area contributed by atoms with Crippen LogP contribution in [0.2, 0.25) is 0 Å². The average molecular weight is 550 g/mol. The Balaban J connectivity index is 1.56. The maximum atomic E-state index is 14.3. The number of nitrogens with zero attached hydrogens (tertiary/aromatic N) is 4. The molecule has 0 bridgehead atoms. The van der Waals surface area contributed by atoms with Gasteiger partial charge in [0.05, 0.1) is 27.4 Å². The molecule has 4 rings (SSSR count). The normalized spacial score (nSPS) is 11.5. The zero-order chi connectivity index (χ0) is 28.2. The summed E-state index contributed by atoms with van der Waals surface area (Å²) in [5.41, 5.74) is 4.61.